The van der Waals surface area contributed by atoms with Crippen LogP contribution in [0.3, 0.4) is 0 Å². The maximum atomic E-state index is 5.62. The van der Waals surface area contributed by atoms with Crippen LogP contribution in [0.15, 0.2) is 24.3 Å². The topological polar surface area (TPSA) is 30.5 Å². The van der Waals surface area contributed by atoms with Gasteiger partial charge in [0.15, 0.2) is 0 Å². The van der Waals surface area contributed by atoms with Crippen LogP contribution in [-0.4, -0.2) is 33.4 Å². The number of hydrogen-bond donors (Lipinski definition) is 1. The van der Waals surface area contributed by atoms with Crippen molar-refractivity contribution in [1.29, 1.82) is 0 Å². The molecule has 0 spiro atoms. The summed E-state index contributed by atoms with van der Waals surface area (Å²) >= 11 is 0. The summed E-state index contributed by atoms with van der Waals surface area (Å²) in [4.78, 5) is 0. The molecule has 0 saturated carbocycles. The number of ether oxygens (including phenoxy) is 2. The van der Waals surface area contributed by atoms with Crippen molar-refractivity contribution in [1.82, 2.24) is 5.32 Å². The van der Waals surface area contributed by atoms with Crippen LogP contribution in [-0.2, 0) is 11.2 Å². The van der Waals surface area contributed by atoms with E-state index in [4.69, 9.17) is 9.47 Å². The molecule has 0 aliphatic carbocycles. The van der Waals surface area contributed by atoms with Gasteiger partial charge < -0.3 is 14.8 Å². The third kappa shape index (κ3) is 6.40. The van der Waals surface area contributed by atoms with Crippen molar-refractivity contribution in [3.63, 3.8) is 0 Å². The van der Waals surface area contributed by atoms with Crippen molar-refractivity contribution in [2.24, 2.45) is 11.8 Å². The fourth-order valence-corrected chi connectivity index (χ4v) is 2.23. The zero-order chi connectivity index (χ0) is 14.8. The van der Waals surface area contributed by atoms with E-state index in [0.717, 1.165) is 38.5 Å². The first-order valence-electron chi connectivity index (χ1n) is 7.57. The summed E-state index contributed by atoms with van der Waals surface area (Å²) < 4.78 is 11.1. The van der Waals surface area contributed by atoms with Crippen LogP contribution in [0.1, 0.15) is 26.3 Å². The molecule has 20 heavy (non-hydrogen) atoms. The minimum absolute atomic E-state index is 0.477. The Morgan fingerprint density at radius 3 is 2.55 bits per heavy atom. The molecule has 0 bridgehead atoms. The third-order valence-corrected chi connectivity index (χ3v) is 3.24. The Kier molecular flexibility index (Phi) is 8.31. The number of hydrogen-bond acceptors (Lipinski definition) is 3. The Morgan fingerprint density at radius 1 is 1.15 bits per heavy atom. The van der Waals surface area contributed by atoms with Crippen molar-refractivity contribution in [3.8, 4) is 5.75 Å². The molecular weight excluding hydrogens is 250 g/mol. The molecular formula is C17H29NO2. The van der Waals surface area contributed by atoms with Crippen LogP contribution in [0.2, 0.25) is 0 Å². The second-order valence-corrected chi connectivity index (χ2v) is 5.59. The zero-order valence-corrected chi connectivity index (χ0v) is 13.3. The predicted octanol–water partition coefficient (Wildman–Crippen LogP) is 3.14. The van der Waals surface area contributed by atoms with Crippen LogP contribution < -0.4 is 10.1 Å². The van der Waals surface area contributed by atoms with Crippen molar-refractivity contribution >= 4 is 0 Å². The highest BCUT2D eigenvalue weighted by atomic mass is 16.5. The van der Waals surface area contributed by atoms with Crippen molar-refractivity contribution in [2.75, 3.05) is 33.4 Å². The van der Waals surface area contributed by atoms with Gasteiger partial charge in [-0.05, 0) is 43.4 Å². The van der Waals surface area contributed by atoms with Crippen LogP contribution in [0, 0.1) is 11.8 Å². The lowest BCUT2D eigenvalue weighted by Gasteiger charge is -2.19. The Bertz CT molecular complexity index is 366. The van der Waals surface area contributed by atoms with Crippen molar-refractivity contribution in [2.45, 2.75) is 27.2 Å². The molecule has 1 N–H and O–H groups in total. The first-order valence-corrected chi connectivity index (χ1v) is 7.57. The van der Waals surface area contributed by atoms with Gasteiger partial charge in [-0.15, -0.1) is 0 Å². The van der Waals surface area contributed by atoms with Crippen molar-refractivity contribution < 1.29 is 9.47 Å². The summed E-state index contributed by atoms with van der Waals surface area (Å²) in [5.41, 5.74) is 1.26. The average molecular weight is 279 g/mol. The van der Waals surface area contributed by atoms with E-state index in [1.54, 1.807) is 7.11 Å². The van der Waals surface area contributed by atoms with Gasteiger partial charge in [0.05, 0.1) is 13.7 Å². The van der Waals surface area contributed by atoms with E-state index in [9.17, 15) is 0 Å². The molecule has 1 atom stereocenters. The maximum Gasteiger partial charge on any atom is 0.122 e. The van der Waals surface area contributed by atoms with E-state index in [-0.39, 0.29) is 0 Å². The smallest absolute Gasteiger partial charge is 0.122 e. The third-order valence-electron chi connectivity index (χ3n) is 3.24. The molecule has 0 fully saturated rings. The van der Waals surface area contributed by atoms with Crippen molar-refractivity contribution in [3.05, 3.63) is 29.8 Å². The number of para-hydroxylation sites is 1. The molecule has 1 aromatic rings. The van der Waals surface area contributed by atoms with E-state index in [2.05, 4.69) is 31.3 Å². The standard InChI is InChI=1S/C17H29NO2/c1-5-20-13-15(12-18-11-14(2)3)10-16-8-6-7-9-17(16)19-4/h6-9,14-15,18H,5,10-13H2,1-4H3. The molecule has 114 valence electrons. The van der Waals surface area contributed by atoms with Crippen LogP contribution in [0.4, 0.5) is 0 Å². The number of nitrogens with one attached hydrogen (secondary N) is 1. The second-order valence-electron chi connectivity index (χ2n) is 5.59. The molecule has 1 unspecified atom stereocenters. The van der Waals surface area contributed by atoms with Gasteiger partial charge in [0, 0.05) is 13.2 Å². The average Bonchev–Trinajstić information content (AvgIpc) is 2.44. The minimum atomic E-state index is 0.477. The largest absolute Gasteiger partial charge is 0.496 e. The van der Waals surface area contributed by atoms with E-state index >= 15 is 0 Å². The highest BCUT2D eigenvalue weighted by Gasteiger charge is 2.13. The Labute approximate surface area is 123 Å². The number of benzene rings is 1. The Hall–Kier alpha value is -1.06. The highest BCUT2D eigenvalue weighted by Crippen LogP contribution is 2.21. The van der Waals surface area contributed by atoms with Gasteiger partial charge in [-0.3, -0.25) is 0 Å². The molecule has 0 amide bonds. The molecule has 0 aromatic heterocycles. The Morgan fingerprint density at radius 2 is 1.90 bits per heavy atom. The molecule has 0 aliphatic heterocycles. The Balaban J connectivity index is 2.58. The normalized spacial score (nSPS) is 12.7. The van der Waals surface area contributed by atoms with Gasteiger partial charge in [-0.25, -0.2) is 0 Å². The molecule has 0 radical (unpaired) electrons. The molecule has 1 aromatic carbocycles. The van der Waals surface area contributed by atoms with Crippen LogP contribution >= 0.6 is 0 Å². The first kappa shape index (κ1) is 17.0. The summed E-state index contributed by atoms with van der Waals surface area (Å²) in [6.07, 6.45) is 0.981. The van der Waals surface area contributed by atoms with Gasteiger partial charge in [0.25, 0.3) is 0 Å². The van der Waals surface area contributed by atoms with Gasteiger partial charge in [-0.2, -0.15) is 0 Å². The lowest BCUT2D eigenvalue weighted by Crippen LogP contribution is -2.30. The van der Waals surface area contributed by atoms with Gasteiger partial charge in [-0.1, -0.05) is 32.0 Å². The van der Waals surface area contributed by atoms with Gasteiger partial charge in [0.1, 0.15) is 5.75 Å². The second kappa shape index (κ2) is 9.78. The fraction of sp³-hybridized carbons (Fsp3) is 0.647. The summed E-state index contributed by atoms with van der Waals surface area (Å²) in [5.74, 6) is 2.12. The maximum absolute atomic E-state index is 5.62. The van der Waals surface area contributed by atoms with E-state index in [1.165, 1.54) is 5.56 Å². The predicted molar refractivity (Wildman–Crippen MR) is 84.4 cm³/mol. The molecule has 3 heteroatoms. The SMILES string of the molecule is CCOCC(CNCC(C)C)Cc1ccccc1OC. The van der Waals surface area contributed by atoms with Crippen LogP contribution in [0.5, 0.6) is 5.75 Å². The molecule has 0 saturated heterocycles. The van der Waals surface area contributed by atoms with Gasteiger partial charge >= 0.3 is 0 Å². The fourth-order valence-electron chi connectivity index (χ4n) is 2.23. The van der Waals surface area contributed by atoms with E-state index in [1.807, 2.05) is 19.1 Å². The molecule has 3 nitrogen and oxygen atoms in total. The monoisotopic (exact) mass is 279 g/mol. The van der Waals surface area contributed by atoms with E-state index < -0.39 is 0 Å². The summed E-state index contributed by atoms with van der Waals surface area (Å²) in [7, 11) is 1.73. The summed E-state index contributed by atoms with van der Waals surface area (Å²) in [6.45, 7) is 10.1. The number of methoxy groups -OCH3 is 1. The molecule has 1 rings (SSSR count). The lowest BCUT2D eigenvalue weighted by atomic mass is 9.99. The minimum Gasteiger partial charge on any atom is -0.496 e. The molecule has 0 heterocycles. The zero-order valence-electron chi connectivity index (χ0n) is 13.3. The summed E-state index contributed by atoms with van der Waals surface area (Å²) in [6, 6.07) is 8.24. The van der Waals surface area contributed by atoms with Gasteiger partial charge in [0.2, 0.25) is 0 Å². The molecule has 0 aliphatic rings. The number of rotatable bonds is 10. The highest BCUT2D eigenvalue weighted by molar-refractivity contribution is 5.33. The first-order chi connectivity index (χ1) is 9.67. The lowest BCUT2D eigenvalue weighted by molar-refractivity contribution is 0.109. The van der Waals surface area contributed by atoms with Crippen LogP contribution in [0.25, 0.3) is 0 Å². The van der Waals surface area contributed by atoms with E-state index in [0.29, 0.717) is 11.8 Å². The quantitative estimate of drug-likeness (QED) is 0.714. The summed E-state index contributed by atoms with van der Waals surface area (Å²) in [5, 5.41) is 3.53.